The maximum atomic E-state index is 10.1. The Morgan fingerprint density at radius 1 is 1.20 bits per heavy atom. The van der Waals surface area contributed by atoms with E-state index in [0.717, 1.165) is 87.0 Å². The van der Waals surface area contributed by atoms with Gasteiger partial charge in [0.1, 0.15) is 6.07 Å². The molecule has 2 aliphatic rings. The number of nitrogens with one attached hydrogen (secondary N) is 2. The number of morpholine rings is 1. The maximum absolute atomic E-state index is 10.1. The average Bonchev–Trinajstić information content (AvgIpc) is 3.57. The van der Waals surface area contributed by atoms with E-state index in [0.29, 0.717) is 24.0 Å². The van der Waals surface area contributed by atoms with Gasteiger partial charge in [0, 0.05) is 50.0 Å². The van der Waals surface area contributed by atoms with Crippen LogP contribution in [0.2, 0.25) is 18.1 Å². The smallest absolute Gasteiger partial charge is 0.227 e. The molecular weight excluding hydrogens is 593 g/mol. The van der Waals surface area contributed by atoms with Gasteiger partial charge in [0.15, 0.2) is 8.32 Å². The van der Waals surface area contributed by atoms with Crippen LogP contribution in [-0.2, 0) is 27.5 Å². The molecule has 1 aromatic carbocycles. The number of aromatic nitrogens is 4. The van der Waals surface area contributed by atoms with E-state index in [9.17, 15) is 5.26 Å². The van der Waals surface area contributed by atoms with Crippen molar-refractivity contribution in [3.05, 3.63) is 47.4 Å². The number of fused-ring (bicyclic) bond motifs is 1. The van der Waals surface area contributed by atoms with Crippen LogP contribution in [0.25, 0.3) is 11.3 Å². The Morgan fingerprint density at radius 3 is 2.65 bits per heavy atom. The molecule has 4 heterocycles. The van der Waals surface area contributed by atoms with Gasteiger partial charge in [-0.1, -0.05) is 41.5 Å². The molecule has 46 heavy (non-hydrogen) atoms. The molecule has 2 aliphatic heterocycles. The van der Waals surface area contributed by atoms with E-state index in [1.165, 1.54) is 5.69 Å². The Labute approximate surface area is 276 Å². The quantitative estimate of drug-likeness (QED) is 0.211. The van der Waals surface area contributed by atoms with E-state index in [4.69, 9.17) is 19.2 Å². The lowest BCUT2D eigenvalue weighted by atomic mass is 9.83. The third-order valence-corrected chi connectivity index (χ3v) is 14.4. The summed E-state index contributed by atoms with van der Waals surface area (Å²) < 4.78 is 14.4. The van der Waals surface area contributed by atoms with Gasteiger partial charge in [-0.15, -0.1) is 0 Å². The first-order valence-corrected chi connectivity index (χ1v) is 19.6. The Balaban J connectivity index is 1.39. The number of ether oxygens (including phenoxy) is 1. The largest absolute Gasteiger partial charge is 0.416 e. The average molecular weight is 645 g/mol. The number of benzene rings is 1. The molecule has 3 aromatic rings. The second-order valence-corrected chi connectivity index (χ2v) is 19.8. The number of hydrogen-bond acceptors (Lipinski definition) is 9. The molecule has 0 radical (unpaired) electrons. The fourth-order valence-corrected chi connectivity index (χ4v) is 6.88. The first kappa shape index (κ1) is 34.0. The summed E-state index contributed by atoms with van der Waals surface area (Å²) >= 11 is 0. The lowest BCUT2D eigenvalue weighted by Gasteiger charge is -2.39. The van der Waals surface area contributed by atoms with Crippen molar-refractivity contribution in [3.8, 4) is 17.3 Å². The van der Waals surface area contributed by atoms with Crippen LogP contribution in [0.3, 0.4) is 0 Å². The van der Waals surface area contributed by atoms with Crippen LogP contribution in [0.15, 0.2) is 30.6 Å². The predicted molar refractivity (Wildman–Crippen MR) is 187 cm³/mol. The fourth-order valence-electron chi connectivity index (χ4n) is 5.77. The Kier molecular flexibility index (Phi) is 10.2. The van der Waals surface area contributed by atoms with Crippen molar-refractivity contribution in [2.24, 2.45) is 5.92 Å². The van der Waals surface area contributed by atoms with Crippen LogP contribution in [0, 0.1) is 17.2 Å². The zero-order valence-electron chi connectivity index (χ0n) is 29.0. The Morgan fingerprint density at radius 2 is 1.96 bits per heavy atom. The number of rotatable bonds is 12. The summed E-state index contributed by atoms with van der Waals surface area (Å²) in [6, 6.07) is 8.43. The minimum atomic E-state index is -1.95. The topological polar surface area (TPSA) is 113 Å². The summed E-state index contributed by atoms with van der Waals surface area (Å²) in [7, 11) is -1.95. The molecule has 0 unspecified atom stereocenters. The summed E-state index contributed by atoms with van der Waals surface area (Å²) in [5.74, 6) is 1.09. The number of hydrogen-bond donors (Lipinski definition) is 2. The lowest BCUT2D eigenvalue weighted by Crippen LogP contribution is -2.45. The second-order valence-electron chi connectivity index (χ2n) is 15.0. The van der Waals surface area contributed by atoms with Gasteiger partial charge in [-0.2, -0.15) is 10.4 Å². The second kappa shape index (κ2) is 13.8. The standard InChI is InChI=1S/C35H52N8O2Si/c1-25(2)9-10-31-30(22-39-43(31)14-13-42-15-17-44-18-16-42)41-33-37-12-11-29(40-33)26-19-27(21-36)32-28(20-26)35(6,23-38-32)24-45-46(7,8)34(3,4)5/h11-12,19-20,22,25,38H,9-10,13-18,23-24H2,1-8H3,(H,37,40,41)/t35-/m1/s1. The van der Waals surface area contributed by atoms with E-state index in [2.05, 4.69) is 92.0 Å². The molecule has 0 saturated carbocycles. The molecule has 0 bridgehead atoms. The van der Waals surface area contributed by atoms with Crippen molar-refractivity contribution in [2.75, 3.05) is 56.6 Å². The SMILES string of the molecule is CC(C)CCc1c(Nc2nccc(-c3cc(C#N)c4c(c3)[C@@](C)(CO[Si](C)(C)C(C)(C)C)CN4)n2)cnn1CCN1CCOCC1. The molecular formula is C35H52N8O2Si. The highest BCUT2D eigenvalue weighted by atomic mass is 28.4. The summed E-state index contributed by atoms with van der Waals surface area (Å²) in [5, 5.41) is 22.0. The van der Waals surface area contributed by atoms with Crippen LogP contribution in [0.5, 0.6) is 0 Å². The molecule has 1 fully saturated rings. The highest BCUT2D eigenvalue weighted by Crippen LogP contribution is 2.44. The van der Waals surface area contributed by atoms with Gasteiger partial charge in [0.25, 0.3) is 0 Å². The zero-order valence-corrected chi connectivity index (χ0v) is 30.0. The first-order valence-electron chi connectivity index (χ1n) is 16.7. The normalized spacial score (nSPS) is 18.8. The van der Waals surface area contributed by atoms with Crippen molar-refractivity contribution >= 4 is 25.6 Å². The van der Waals surface area contributed by atoms with Gasteiger partial charge in [0.2, 0.25) is 5.95 Å². The number of nitriles is 1. The molecule has 10 nitrogen and oxygen atoms in total. The van der Waals surface area contributed by atoms with Gasteiger partial charge in [-0.3, -0.25) is 9.58 Å². The molecule has 2 aromatic heterocycles. The lowest BCUT2D eigenvalue weighted by molar-refractivity contribution is 0.0358. The molecule has 0 amide bonds. The molecule has 0 spiro atoms. The highest BCUT2D eigenvalue weighted by molar-refractivity contribution is 6.74. The first-order chi connectivity index (χ1) is 21.8. The van der Waals surface area contributed by atoms with E-state index in [1.807, 2.05) is 18.3 Å². The molecule has 1 saturated heterocycles. The van der Waals surface area contributed by atoms with Crippen molar-refractivity contribution in [1.29, 1.82) is 5.26 Å². The minimum absolute atomic E-state index is 0.121. The van der Waals surface area contributed by atoms with Gasteiger partial charge in [-0.05, 0) is 60.7 Å². The fraction of sp³-hybridized carbons (Fsp3) is 0.600. The summed E-state index contributed by atoms with van der Waals surface area (Å²) in [4.78, 5) is 11.9. The molecule has 2 N–H and O–H groups in total. The van der Waals surface area contributed by atoms with Crippen molar-refractivity contribution in [2.45, 2.75) is 84.5 Å². The van der Waals surface area contributed by atoms with Crippen LogP contribution < -0.4 is 10.6 Å². The van der Waals surface area contributed by atoms with Crippen LogP contribution in [0.4, 0.5) is 17.3 Å². The third kappa shape index (κ3) is 7.63. The minimum Gasteiger partial charge on any atom is -0.416 e. The van der Waals surface area contributed by atoms with E-state index in [1.54, 1.807) is 6.20 Å². The van der Waals surface area contributed by atoms with E-state index in [-0.39, 0.29) is 10.5 Å². The highest BCUT2D eigenvalue weighted by Gasteiger charge is 2.42. The van der Waals surface area contributed by atoms with Gasteiger partial charge in [-0.25, -0.2) is 9.97 Å². The third-order valence-electron chi connectivity index (χ3n) is 9.96. The summed E-state index contributed by atoms with van der Waals surface area (Å²) in [6.45, 7) is 24.7. The zero-order chi connectivity index (χ0) is 33.1. The van der Waals surface area contributed by atoms with Gasteiger partial charge in [0.05, 0.1) is 54.3 Å². The van der Waals surface area contributed by atoms with Crippen LogP contribution in [0.1, 0.15) is 64.8 Å². The maximum Gasteiger partial charge on any atom is 0.227 e. The van der Waals surface area contributed by atoms with Crippen molar-refractivity contribution in [1.82, 2.24) is 24.6 Å². The monoisotopic (exact) mass is 644 g/mol. The number of anilines is 3. The molecule has 248 valence electrons. The van der Waals surface area contributed by atoms with Crippen molar-refractivity contribution < 1.29 is 9.16 Å². The van der Waals surface area contributed by atoms with E-state index < -0.39 is 8.32 Å². The predicted octanol–water partition coefficient (Wildman–Crippen LogP) is 6.58. The molecule has 1 atom stereocenters. The van der Waals surface area contributed by atoms with E-state index >= 15 is 0 Å². The van der Waals surface area contributed by atoms with Gasteiger partial charge >= 0.3 is 0 Å². The number of nitrogens with zero attached hydrogens (tertiary/aromatic N) is 6. The van der Waals surface area contributed by atoms with Crippen LogP contribution in [-0.4, -0.2) is 79.0 Å². The van der Waals surface area contributed by atoms with Gasteiger partial charge < -0.3 is 19.8 Å². The van der Waals surface area contributed by atoms with Crippen LogP contribution >= 0.6 is 0 Å². The Hall–Kier alpha value is -3.30. The molecule has 5 rings (SSSR count). The molecule has 0 aliphatic carbocycles. The molecule has 11 heteroatoms. The summed E-state index contributed by atoms with van der Waals surface area (Å²) in [6.07, 6.45) is 5.66. The Bertz CT molecular complexity index is 1550. The van der Waals surface area contributed by atoms with Crippen molar-refractivity contribution in [3.63, 3.8) is 0 Å². The summed E-state index contributed by atoms with van der Waals surface area (Å²) in [5.41, 5.74) is 6.13.